The van der Waals surface area contributed by atoms with Gasteiger partial charge in [0.25, 0.3) is 5.92 Å². The van der Waals surface area contributed by atoms with E-state index >= 15 is 0 Å². The van der Waals surface area contributed by atoms with Gasteiger partial charge in [-0.2, -0.15) is 0 Å². The Labute approximate surface area is 64.4 Å². The van der Waals surface area contributed by atoms with Gasteiger partial charge >= 0.3 is 0 Å². The molecule has 0 aromatic heterocycles. The minimum absolute atomic E-state index is 0.268. The Hall–Kier alpha value is -0.990. The van der Waals surface area contributed by atoms with Crippen molar-refractivity contribution in [2.45, 2.75) is 19.8 Å². The fourth-order valence-electron chi connectivity index (χ4n) is 0.364. The van der Waals surface area contributed by atoms with Crippen LogP contribution in [0.15, 0.2) is 24.3 Å². The summed E-state index contributed by atoms with van der Waals surface area (Å²) in [5.74, 6) is -3.21. The Morgan fingerprint density at radius 3 is 2.18 bits per heavy atom. The average molecular weight is 160 g/mol. The Kier molecular flexibility index (Phi) is 3.11. The number of allylic oxidation sites excluding steroid dienone is 3. The van der Waals surface area contributed by atoms with Crippen molar-refractivity contribution >= 4 is 5.78 Å². The molecule has 0 saturated carbocycles. The Bertz CT molecular complexity index is 199. The number of halogens is 2. The molecule has 11 heavy (non-hydrogen) atoms. The van der Waals surface area contributed by atoms with Crippen LogP contribution < -0.4 is 0 Å². The molecule has 0 fully saturated rings. The molecule has 0 aliphatic carbocycles. The molecular formula is C8H10F2O. The smallest absolute Gasteiger partial charge is 0.269 e. The maximum Gasteiger partial charge on any atom is 0.269 e. The summed E-state index contributed by atoms with van der Waals surface area (Å²) >= 11 is 0. The average Bonchev–Trinajstić information content (AvgIpc) is 1.80. The zero-order valence-electron chi connectivity index (χ0n) is 6.53. The fourth-order valence-corrected chi connectivity index (χ4v) is 0.364. The second-order valence-corrected chi connectivity index (χ2v) is 2.36. The van der Waals surface area contributed by atoms with Crippen LogP contribution in [0.1, 0.15) is 13.8 Å². The van der Waals surface area contributed by atoms with Crippen molar-refractivity contribution in [1.82, 2.24) is 0 Å². The van der Waals surface area contributed by atoms with E-state index < -0.39 is 5.92 Å². The second kappa shape index (κ2) is 3.42. The first-order valence-electron chi connectivity index (χ1n) is 3.10. The molecule has 0 spiro atoms. The zero-order chi connectivity index (χ0) is 9.07. The molecule has 0 rings (SSSR count). The summed E-state index contributed by atoms with van der Waals surface area (Å²) < 4.78 is 24.6. The van der Waals surface area contributed by atoms with Gasteiger partial charge in [0.2, 0.25) is 0 Å². The molecule has 0 amide bonds. The highest BCUT2D eigenvalue weighted by Crippen LogP contribution is 2.21. The molecule has 0 aromatic rings. The molecule has 0 aromatic carbocycles. The molecular weight excluding hydrogens is 150 g/mol. The van der Waals surface area contributed by atoms with Crippen molar-refractivity contribution in [2.75, 3.05) is 0 Å². The molecule has 0 radical (unpaired) electrons. The van der Waals surface area contributed by atoms with Crippen LogP contribution in [0.2, 0.25) is 0 Å². The highest BCUT2D eigenvalue weighted by Gasteiger charge is 2.23. The molecule has 1 nitrogen and oxygen atoms in total. The highest BCUT2D eigenvalue weighted by atomic mass is 19.3. The van der Waals surface area contributed by atoms with Gasteiger partial charge in [-0.15, -0.1) is 0 Å². The lowest BCUT2D eigenvalue weighted by Crippen LogP contribution is -2.10. The molecule has 0 heterocycles. The largest absolute Gasteiger partial charge is 0.295 e. The van der Waals surface area contributed by atoms with Crippen molar-refractivity contribution in [1.29, 1.82) is 0 Å². The third-order valence-corrected chi connectivity index (χ3v) is 1.08. The van der Waals surface area contributed by atoms with Gasteiger partial charge in [0.1, 0.15) is 0 Å². The third-order valence-electron chi connectivity index (χ3n) is 1.08. The van der Waals surface area contributed by atoms with Crippen LogP contribution in [0.25, 0.3) is 0 Å². The van der Waals surface area contributed by atoms with Crippen LogP contribution in [0.5, 0.6) is 0 Å². The normalized spacial score (nSPS) is 12.0. The number of hydrogen-bond acceptors (Lipinski definition) is 1. The molecule has 3 heteroatoms. The van der Waals surface area contributed by atoms with Gasteiger partial charge in [-0.3, -0.25) is 4.79 Å². The molecule has 0 N–H and O–H groups in total. The summed E-state index contributed by atoms with van der Waals surface area (Å²) in [5.41, 5.74) is -0.354. The molecule has 0 aliphatic heterocycles. The predicted molar refractivity (Wildman–Crippen MR) is 39.6 cm³/mol. The summed E-state index contributed by atoms with van der Waals surface area (Å²) in [5, 5.41) is 0. The van der Waals surface area contributed by atoms with Crippen LogP contribution in [-0.2, 0) is 4.79 Å². The summed E-state index contributed by atoms with van der Waals surface area (Å²) in [6.07, 6.45) is 2.10. The van der Waals surface area contributed by atoms with Crippen molar-refractivity contribution in [3.8, 4) is 0 Å². The van der Waals surface area contributed by atoms with E-state index in [4.69, 9.17) is 0 Å². The van der Waals surface area contributed by atoms with Gasteiger partial charge in [0, 0.05) is 12.5 Å². The van der Waals surface area contributed by atoms with E-state index in [1.807, 2.05) is 0 Å². The second-order valence-electron chi connectivity index (χ2n) is 2.36. The maximum atomic E-state index is 12.3. The van der Waals surface area contributed by atoms with Crippen molar-refractivity contribution in [3.63, 3.8) is 0 Å². The van der Waals surface area contributed by atoms with Crippen LogP contribution in [0.3, 0.4) is 0 Å². The Morgan fingerprint density at radius 2 is 1.91 bits per heavy atom. The van der Waals surface area contributed by atoms with E-state index in [1.165, 1.54) is 6.92 Å². The van der Waals surface area contributed by atoms with E-state index in [9.17, 15) is 13.6 Å². The molecule has 0 bridgehead atoms. The quantitative estimate of drug-likeness (QED) is 0.457. The molecule has 0 aliphatic rings. The number of rotatable bonds is 3. The van der Waals surface area contributed by atoms with Gasteiger partial charge in [0.15, 0.2) is 5.78 Å². The number of carbonyl (C=O) groups excluding carboxylic acids is 1. The lowest BCUT2D eigenvalue weighted by molar-refractivity contribution is -0.112. The first-order valence-corrected chi connectivity index (χ1v) is 3.10. The summed E-state index contributed by atoms with van der Waals surface area (Å²) in [6, 6.07) is 0. The SMILES string of the molecule is C=C(/C=C\C(C)=O)C(C)(F)F. The molecule has 0 atom stereocenters. The van der Waals surface area contributed by atoms with Gasteiger partial charge in [-0.1, -0.05) is 12.7 Å². The van der Waals surface area contributed by atoms with Crippen LogP contribution in [0.4, 0.5) is 8.78 Å². The summed E-state index contributed by atoms with van der Waals surface area (Å²) in [4.78, 5) is 10.3. The van der Waals surface area contributed by atoms with Crippen molar-refractivity contribution in [3.05, 3.63) is 24.3 Å². The topological polar surface area (TPSA) is 17.1 Å². The molecule has 0 saturated heterocycles. The van der Waals surface area contributed by atoms with Crippen LogP contribution in [-0.4, -0.2) is 11.7 Å². The molecule has 62 valence electrons. The Morgan fingerprint density at radius 1 is 1.45 bits per heavy atom. The Balaban J connectivity index is 4.20. The highest BCUT2D eigenvalue weighted by molar-refractivity contribution is 5.87. The molecule has 0 unspecified atom stereocenters. The van der Waals surface area contributed by atoms with Gasteiger partial charge in [-0.25, -0.2) is 8.78 Å². The van der Waals surface area contributed by atoms with E-state index in [1.54, 1.807) is 0 Å². The van der Waals surface area contributed by atoms with Gasteiger partial charge in [0.05, 0.1) is 0 Å². The van der Waals surface area contributed by atoms with Crippen LogP contribution in [0, 0.1) is 0 Å². The number of ketones is 1. The van der Waals surface area contributed by atoms with E-state index in [2.05, 4.69) is 6.58 Å². The third kappa shape index (κ3) is 4.42. The zero-order valence-corrected chi connectivity index (χ0v) is 6.53. The first-order chi connectivity index (χ1) is 4.84. The summed E-state index contributed by atoms with van der Waals surface area (Å²) in [6.45, 7) is 5.13. The predicted octanol–water partition coefficient (Wildman–Crippen LogP) is 2.34. The summed E-state index contributed by atoms with van der Waals surface area (Å²) in [7, 11) is 0. The van der Waals surface area contributed by atoms with Crippen molar-refractivity contribution < 1.29 is 13.6 Å². The van der Waals surface area contributed by atoms with Crippen molar-refractivity contribution in [2.24, 2.45) is 0 Å². The van der Waals surface area contributed by atoms with E-state index in [0.717, 1.165) is 19.1 Å². The number of alkyl halides is 2. The number of hydrogen-bond donors (Lipinski definition) is 0. The van der Waals surface area contributed by atoms with E-state index in [-0.39, 0.29) is 11.4 Å². The minimum Gasteiger partial charge on any atom is -0.295 e. The van der Waals surface area contributed by atoms with Gasteiger partial charge < -0.3 is 0 Å². The van der Waals surface area contributed by atoms with E-state index in [0.29, 0.717) is 0 Å². The maximum absolute atomic E-state index is 12.3. The first kappa shape index (κ1) is 10.0. The monoisotopic (exact) mass is 160 g/mol. The van der Waals surface area contributed by atoms with Gasteiger partial charge in [-0.05, 0) is 13.0 Å². The standard InChI is InChI=1S/C8H10F2O/c1-6(8(3,9)10)4-5-7(2)11/h4-5H,1H2,2-3H3/b5-4-. The van der Waals surface area contributed by atoms with Crippen LogP contribution >= 0.6 is 0 Å². The fraction of sp³-hybridized carbons (Fsp3) is 0.375. The number of carbonyl (C=O) groups is 1. The lowest BCUT2D eigenvalue weighted by atomic mass is 10.1. The lowest BCUT2D eigenvalue weighted by Gasteiger charge is -2.08. The minimum atomic E-state index is -2.94.